The summed E-state index contributed by atoms with van der Waals surface area (Å²) in [5.74, 6) is 1.36. The first kappa shape index (κ1) is 15.9. The first-order valence-electron chi connectivity index (χ1n) is 6.98. The molecule has 0 aromatic heterocycles. The fourth-order valence-corrected chi connectivity index (χ4v) is 6.98. The van der Waals surface area contributed by atoms with E-state index >= 15 is 0 Å². The lowest BCUT2D eigenvalue weighted by Crippen LogP contribution is -2.49. The molecule has 1 fully saturated rings. The smallest absolute Gasteiger partial charge is 0.0625 e. The summed E-state index contributed by atoms with van der Waals surface area (Å²) in [7, 11) is 4.16. The summed E-state index contributed by atoms with van der Waals surface area (Å²) in [6.07, 6.45) is 3.02. The van der Waals surface area contributed by atoms with Gasteiger partial charge in [-0.1, -0.05) is 6.92 Å². The van der Waals surface area contributed by atoms with Crippen LogP contribution < -0.4 is 0 Å². The van der Waals surface area contributed by atoms with Gasteiger partial charge in [0.15, 0.2) is 0 Å². The van der Waals surface area contributed by atoms with Crippen molar-refractivity contribution in [2.75, 3.05) is 20.3 Å². The molecule has 1 aliphatic heterocycles. The molecule has 0 aromatic carbocycles. The molecule has 0 aromatic rings. The Bertz CT molecular complexity index is 278. The van der Waals surface area contributed by atoms with Gasteiger partial charge in [-0.15, -0.1) is 0 Å². The summed E-state index contributed by atoms with van der Waals surface area (Å²) >= 11 is 0. The lowest BCUT2D eigenvalue weighted by Gasteiger charge is -2.52. The van der Waals surface area contributed by atoms with E-state index in [1.807, 2.05) is 0 Å². The molecule has 0 amide bonds. The van der Waals surface area contributed by atoms with Gasteiger partial charge in [-0.25, -0.2) is 0 Å². The standard InChI is InChI=1S/C14H28N3P/c1-11(2)17-13(4)10-12(3)14(16(5)6)18(17)9-7-8-15/h11-14H,7,9-10H2,1-6H3. The van der Waals surface area contributed by atoms with Crippen LogP contribution in [0, 0.1) is 17.2 Å². The second kappa shape index (κ2) is 6.85. The molecule has 0 radical (unpaired) electrons. The van der Waals surface area contributed by atoms with E-state index in [1.54, 1.807) is 0 Å². The van der Waals surface area contributed by atoms with Crippen molar-refractivity contribution in [1.29, 1.82) is 5.26 Å². The Labute approximate surface area is 114 Å². The van der Waals surface area contributed by atoms with Crippen LogP contribution in [0.5, 0.6) is 0 Å². The zero-order valence-electron chi connectivity index (χ0n) is 12.7. The summed E-state index contributed by atoms with van der Waals surface area (Å²) in [6.45, 7) is 9.31. The monoisotopic (exact) mass is 269 g/mol. The zero-order valence-corrected chi connectivity index (χ0v) is 13.6. The molecule has 18 heavy (non-hydrogen) atoms. The predicted molar refractivity (Wildman–Crippen MR) is 79.7 cm³/mol. The van der Waals surface area contributed by atoms with Crippen molar-refractivity contribution in [3.05, 3.63) is 0 Å². The van der Waals surface area contributed by atoms with Crippen LogP contribution >= 0.6 is 8.07 Å². The number of nitrogens with zero attached hydrogens (tertiary/aromatic N) is 3. The Morgan fingerprint density at radius 2 is 2.00 bits per heavy atom. The third kappa shape index (κ3) is 3.44. The molecular weight excluding hydrogens is 241 g/mol. The van der Waals surface area contributed by atoms with Gasteiger partial charge in [0.05, 0.1) is 6.07 Å². The highest BCUT2D eigenvalue weighted by molar-refractivity contribution is 7.56. The molecule has 4 atom stereocenters. The van der Waals surface area contributed by atoms with Crippen LogP contribution in [0.15, 0.2) is 0 Å². The van der Waals surface area contributed by atoms with Crippen molar-refractivity contribution in [2.45, 2.75) is 58.4 Å². The van der Waals surface area contributed by atoms with E-state index in [0.29, 0.717) is 24.3 Å². The highest BCUT2D eigenvalue weighted by Gasteiger charge is 2.41. The zero-order chi connectivity index (χ0) is 13.9. The van der Waals surface area contributed by atoms with Crippen molar-refractivity contribution in [2.24, 2.45) is 5.92 Å². The highest BCUT2D eigenvalue weighted by Crippen LogP contribution is 2.56. The maximum atomic E-state index is 8.91. The van der Waals surface area contributed by atoms with Crippen molar-refractivity contribution < 1.29 is 0 Å². The van der Waals surface area contributed by atoms with E-state index in [-0.39, 0.29) is 8.07 Å². The highest BCUT2D eigenvalue weighted by atomic mass is 31.1. The maximum absolute atomic E-state index is 8.91. The van der Waals surface area contributed by atoms with Crippen molar-refractivity contribution in [1.82, 2.24) is 9.57 Å². The Hall–Kier alpha value is -0.160. The van der Waals surface area contributed by atoms with Gasteiger partial charge in [-0.3, -0.25) is 4.67 Å². The number of rotatable bonds is 4. The second-order valence-corrected chi connectivity index (χ2v) is 8.30. The molecule has 1 aliphatic rings. The van der Waals surface area contributed by atoms with E-state index in [9.17, 15) is 0 Å². The van der Waals surface area contributed by atoms with Gasteiger partial charge in [-0.05, 0) is 61.4 Å². The van der Waals surface area contributed by atoms with Crippen LogP contribution in [0.25, 0.3) is 0 Å². The summed E-state index contributed by atoms with van der Waals surface area (Å²) in [5, 5.41) is 8.91. The van der Waals surface area contributed by atoms with Gasteiger partial charge in [-0.2, -0.15) is 5.26 Å². The summed E-state index contributed by atoms with van der Waals surface area (Å²) in [6, 6.07) is 3.57. The summed E-state index contributed by atoms with van der Waals surface area (Å²) < 4.78 is 2.69. The Balaban J connectivity index is 2.96. The topological polar surface area (TPSA) is 30.3 Å². The molecule has 1 rings (SSSR count). The molecule has 0 spiro atoms. The molecule has 0 aliphatic carbocycles. The van der Waals surface area contributed by atoms with Gasteiger partial charge in [0.2, 0.25) is 0 Å². The van der Waals surface area contributed by atoms with Gasteiger partial charge in [0, 0.05) is 24.3 Å². The minimum atomic E-state index is -0.225. The molecule has 1 saturated heterocycles. The molecule has 104 valence electrons. The fourth-order valence-electron chi connectivity index (χ4n) is 3.44. The number of nitriles is 1. The van der Waals surface area contributed by atoms with Gasteiger partial charge >= 0.3 is 0 Å². The van der Waals surface area contributed by atoms with Crippen LogP contribution in [0.4, 0.5) is 0 Å². The lowest BCUT2D eigenvalue weighted by molar-refractivity contribution is 0.181. The minimum Gasteiger partial charge on any atom is -0.301 e. The Kier molecular flexibility index (Phi) is 6.05. The molecule has 4 unspecified atom stereocenters. The van der Waals surface area contributed by atoms with Gasteiger partial charge in [0.1, 0.15) is 0 Å². The van der Waals surface area contributed by atoms with Crippen LogP contribution in [0.3, 0.4) is 0 Å². The van der Waals surface area contributed by atoms with Gasteiger partial charge < -0.3 is 4.90 Å². The van der Waals surface area contributed by atoms with Crippen LogP contribution in [-0.4, -0.2) is 47.7 Å². The first-order chi connectivity index (χ1) is 8.40. The quantitative estimate of drug-likeness (QED) is 0.733. The summed E-state index contributed by atoms with van der Waals surface area (Å²) in [5.41, 5.74) is 0. The van der Waals surface area contributed by atoms with Crippen molar-refractivity contribution in [3.8, 4) is 6.07 Å². The third-order valence-corrected chi connectivity index (χ3v) is 7.50. The average molecular weight is 269 g/mol. The third-order valence-electron chi connectivity index (χ3n) is 3.79. The minimum absolute atomic E-state index is 0.225. The Morgan fingerprint density at radius 1 is 1.39 bits per heavy atom. The largest absolute Gasteiger partial charge is 0.301 e. The van der Waals surface area contributed by atoms with Crippen LogP contribution in [0.1, 0.15) is 40.5 Å². The molecule has 0 bridgehead atoms. The fraction of sp³-hybridized carbons (Fsp3) is 0.929. The van der Waals surface area contributed by atoms with E-state index in [4.69, 9.17) is 5.26 Å². The molecule has 4 heteroatoms. The average Bonchev–Trinajstić information content (AvgIpc) is 2.23. The molecule has 0 saturated carbocycles. The SMILES string of the molecule is CC1CC(C)N(C(C)C)P(CCC#N)C1N(C)C. The summed E-state index contributed by atoms with van der Waals surface area (Å²) in [4.78, 5) is 2.38. The molecule has 1 heterocycles. The van der Waals surface area contributed by atoms with E-state index in [1.165, 1.54) is 6.42 Å². The second-order valence-electron chi connectivity index (χ2n) is 5.98. The maximum Gasteiger partial charge on any atom is 0.0625 e. The van der Waals surface area contributed by atoms with E-state index < -0.39 is 0 Å². The van der Waals surface area contributed by atoms with Crippen LogP contribution in [0.2, 0.25) is 0 Å². The van der Waals surface area contributed by atoms with E-state index in [2.05, 4.69) is 57.4 Å². The van der Waals surface area contributed by atoms with Crippen molar-refractivity contribution >= 4 is 8.07 Å². The number of hydrogen-bond acceptors (Lipinski definition) is 3. The first-order valence-corrected chi connectivity index (χ1v) is 8.53. The molecular formula is C14H28N3P. The molecule has 3 nitrogen and oxygen atoms in total. The van der Waals surface area contributed by atoms with Crippen LogP contribution in [-0.2, 0) is 0 Å². The normalized spacial score (nSPS) is 33.9. The van der Waals surface area contributed by atoms with E-state index in [0.717, 1.165) is 12.1 Å². The van der Waals surface area contributed by atoms with Crippen molar-refractivity contribution in [3.63, 3.8) is 0 Å². The van der Waals surface area contributed by atoms with Gasteiger partial charge in [0.25, 0.3) is 0 Å². The predicted octanol–water partition coefficient (Wildman–Crippen LogP) is 3.32. The molecule has 0 N–H and O–H groups in total. The Morgan fingerprint density at radius 3 is 2.44 bits per heavy atom. The number of hydrogen-bond donors (Lipinski definition) is 0. The lowest BCUT2D eigenvalue weighted by atomic mass is 10.0.